The van der Waals surface area contributed by atoms with Crippen molar-refractivity contribution in [2.24, 2.45) is 0 Å². The fourth-order valence-electron chi connectivity index (χ4n) is 3.37. The molecule has 1 amide bonds. The molecule has 1 N–H and O–H groups in total. The number of carbonyl (C=O) groups is 1. The maximum absolute atomic E-state index is 13.8. The Morgan fingerprint density at radius 1 is 1.21 bits per heavy atom. The Morgan fingerprint density at radius 3 is 2.90 bits per heavy atom. The number of hydrogen-bond acceptors (Lipinski definition) is 3. The van der Waals surface area contributed by atoms with Gasteiger partial charge in [-0.15, -0.1) is 0 Å². The van der Waals surface area contributed by atoms with Crippen LogP contribution in [-0.2, 0) is 17.8 Å². The maximum Gasteiger partial charge on any atom is 0.224 e. The van der Waals surface area contributed by atoms with E-state index < -0.39 is 0 Å². The Bertz CT molecular complexity index is 1150. The van der Waals surface area contributed by atoms with Crippen LogP contribution in [0.25, 0.3) is 22.2 Å². The number of nitrogens with zero attached hydrogens (tertiary/aromatic N) is 2. The minimum Gasteiger partial charge on any atom is -0.441 e. The quantitative estimate of drug-likeness (QED) is 0.458. The van der Waals surface area contributed by atoms with Gasteiger partial charge >= 0.3 is 0 Å². The average Bonchev–Trinajstić information content (AvgIpc) is 3.34. The van der Waals surface area contributed by atoms with Gasteiger partial charge in [0.2, 0.25) is 5.91 Å². The van der Waals surface area contributed by atoms with Crippen molar-refractivity contribution >= 4 is 22.5 Å². The van der Waals surface area contributed by atoms with E-state index in [4.69, 9.17) is 4.42 Å². The Hall–Kier alpha value is -3.41. The SMILES string of the molecule is CCCn1ccc2cc(NC(=O)CCc3ncc(-c4ccccc4F)o3)ccc21. The number of amides is 1. The first-order valence-electron chi connectivity index (χ1n) is 9.72. The van der Waals surface area contributed by atoms with Gasteiger partial charge in [0.25, 0.3) is 0 Å². The summed E-state index contributed by atoms with van der Waals surface area (Å²) >= 11 is 0. The molecule has 0 aliphatic rings. The number of nitrogens with one attached hydrogen (secondary N) is 1. The van der Waals surface area contributed by atoms with E-state index in [0.29, 0.717) is 23.6 Å². The van der Waals surface area contributed by atoms with Gasteiger partial charge in [0.05, 0.1) is 11.8 Å². The molecule has 0 spiro atoms. The number of hydrogen-bond donors (Lipinski definition) is 1. The van der Waals surface area contributed by atoms with Crippen LogP contribution in [0.4, 0.5) is 10.1 Å². The number of fused-ring (bicyclic) bond motifs is 1. The summed E-state index contributed by atoms with van der Waals surface area (Å²) in [7, 11) is 0. The number of aromatic nitrogens is 2. The van der Waals surface area contributed by atoms with Gasteiger partial charge in [0, 0.05) is 42.2 Å². The van der Waals surface area contributed by atoms with E-state index in [2.05, 4.69) is 34.1 Å². The van der Waals surface area contributed by atoms with Gasteiger partial charge in [-0.05, 0) is 42.8 Å². The minimum absolute atomic E-state index is 0.122. The molecule has 6 heteroatoms. The summed E-state index contributed by atoms with van der Waals surface area (Å²) in [4.78, 5) is 16.5. The van der Waals surface area contributed by atoms with Crippen molar-refractivity contribution in [2.45, 2.75) is 32.7 Å². The van der Waals surface area contributed by atoms with Gasteiger partial charge in [-0.1, -0.05) is 19.1 Å². The summed E-state index contributed by atoms with van der Waals surface area (Å²) in [5.74, 6) is 0.283. The number of benzene rings is 2. The number of halogens is 1. The van der Waals surface area contributed by atoms with Crippen LogP contribution in [0.15, 0.2) is 65.3 Å². The smallest absolute Gasteiger partial charge is 0.224 e. The number of anilines is 1. The van der Waals surface area contributed by atoms with E-state index in [0.717, 1.165) is 29.6 Å². The molecule has 29 heavy (non-hydrogen) atoms. The van der Waals surface area contributed by atoms with Crippen LogP contribution >= 0.6 is 0 Å². The van der Waals surface area contributed by atoms with E-state index in [9.17, 15) is 9.18 Å². The van der Waals surface area contributed by atoms with E-state index in [1.807, 2.05) is 18.2 Å². The van der Waals surface area contributed by atoms with Gasteiger partial charge in [0.15, 0.2) is 11.7 Å². The first-order chi connectivity index (χ1) is 14.1. The van der Waals surface area contributed by atoms with E-state index in [1.165, 1.54) is 12.3 Å². The lowest BCUT2D eigenvalue weighted by molar-refractivity contribution is -0.116. The summed E-state index contributed by atoms with van der Waals surface area (Å²) in [6, 6.07) is 14.3. The lowest BCUT2D eigenvalue weighted by atomic mass is 10.2. The summed E-state index contributed by atoms with van der Waals surface area (Å²) < 4.78 is 21.6. The van der Waals surface area contributed by atoms with E-state index >= 15 is 0 Å². The fourth-order valence-corrected chi connectivity index (χ4v) is 3.37. The molecule has 4 rings (SSSR count). The van der Waals surface area contributed by atoms with Crippen molar-refractivity contribution in [3.63, 3.8) is 0 Å². The molecule has 148 valence electrons. The molecule has 4 aromatic rings. The highest BCUT2D eigenvalue weighted by Gasteiger charge is 2.12. The van der Waals surface area contributed by atoms with Crippen LogP contribution in [0, 0.1) is 5.82 Å². The monoisotopic (exact) mass is 391 g/mol. The average molecular weight is 391 g/mol. The van der Waals surface area contributed by atoms with Crippen molar-refractivity contribution in [1.82, 2.24) is 9.55 Å². The van der Waals surface area contributed by atoms with Crippen LogP contribution < -0.4 is 5.32 Å². The molecule has 0 saturated heterocycles. The van der Waals surface area contributed by atoms with Crippen LogP contribution in [0.5, 0.6) is 0 Å². The Balaban J connectivity index is 1.37. The van der Waals surface area contributed by atoms with Crippen molar-refractivity contribution in [2.75, 3.05) is 5.32 Å². The highest BCUT2D eigenvalue weighted by atomic mass is 19.1. The van der Waals surface area contributed by atoms with Crippen molar-refractivity contribution in [3.05, 3.63) is 72.6 Å². The van der Waals surface area contributed by atoms with Crippen LogP contribution in [0.3, 0.4) is 0 Å². The molecule has 5 nitrogen and oxygen atoms in total. The Kier molecular flexibility index (Phi) is 5.42. The molecule has 2 heterocycles. The minimum atomic E-state index is -0.365. The zero-order valence-electron chi connectivity index (χ0n) is 16.2. The van der Waals surface area contributed by atoms with E-state index in [-0.39, 0.29) is 18.1 Å². The largest absolute Gasteiger partial charge is 0.441 e. The second-order valence-electron chi connectivity index (χ2n) is 6.93. The lowest BCUT2D eigenvalue weighted by Crippen LogP contribution is -2.12. The van der Waals surface area contributed by atoms with Gasteiger partial charge in [0.1, 0.15) is 5.82 Å². The molecule has 2 aromatic heterocycles. The summed E-state index contributed by atoms with van der Waals surface area (Å²) in [6.07, 6.45) is 5.19. The standard InChI is InChI=1S/C23H22FN3O2/c1-2-12-27-13-11-16-14-17(7-8-20(16)27)26-22(28)9-10-23-25-15-21(29-23)18-5-3-4-6-19(18)24/h3-8,11,13-15H,2,9-10,12H2,1H3,(H,26,28). The van der Waals surface area contributed by atoms with Gasteiger partial charge in [-0.25, -0.2) is 9.37 Å². The molecule has 0 unspecified atom stereocenters. The third-order valence-electron chi connectivity index (χ3n) is 4.78. The predicted octanol–water partition coefficient (Wildman–Crippen LogP) is 5.42. The molecule has 0 atom stereocenters. The van der Waals surface area contributed by atoms with E-state index in [1.54, 1.807) is 18.2 Å². The lowest BCUT2D eigenvalue weighted by Gasteiger charge is -2.06. The topological polar surface area (TPSA) is 60.1 Å². The second-order valence-corrected chi connectivity index (χ2v) is 6.93. The number of oxazole rings is 1. The highest BCUT2D eigenvalue weighted by molar-refractivity contribution is 5.94. The third-order valence-corrected chi connectivity index (χ3v) is 4.78. The highest BCUT2D eigenvalue weighted by Crippen LogP contribution is 2.24. The fraction of sp³-hybridized carbons (Fsp3) is 0.217. The molecule has 0 saturated carbocycles. The zero-order valence-corrected chi connectivity index (χ0v) is 16.2. The predicted molar refractivity (Wildman–Crippen MR) is 111 cm³/mol. The molecular weight excluding hydrogens is 369 g/mol. The van der Waals surface area contributed by atoms with Crippen LogP contribution in [0.2, 0.25) is 0 Å². The molecule has 0 radical (unpaired) electrons. The Morgan fingerprint density at radius 2 is 2.07 bits per heavy atom. The van der Waals surface area contributed by atoms with Crippen molar-refractivity contribution in [3.8, 4) is 11.3 Å². The Labute approximate surface area is 168 Å². The van der Waals surface area contributed by atoms with Gasteiger partial charge < -0.3 is 14.3 Å². The molecular formula is C23H22FN3O2. The summed E-state index contributed by atoms with van der Waals surface area (Å²) in [5, 5.41) is 4.01. The number of aryl methyl sites for hydroxylation is 2. The molecule has 0 bridgehead atoms. The first kappa shape index (κ1) is 18.9. The van der Waals surface area contributed by atoms with Crippen LogP contribution in [0.1, 0.15) is 25.7 Å². The number of rotatable bonds is 7. The van der Waals surface area contributed by atoms with Crippen LogP contribution in [-0.4, -0.2) is 15.5 Å². The molecule has 0 fully saturated rings. The molecule has 0 aliphatic heterocycles. The molecule has 0 aliphatic carbocycles. The van der Waals surface area contributed by atoms with Crippen molar-refractivity contribution in [1.29, 1.82) is 0 Å². The first-order valence-corrected chi connectivity index (χ1v) is 9.72. The second kappa shape index (κ2) is 8.31. The van der Waals surface area contributed by atoms with Crippen molar-refractivity contribution < 1.29 is 13.6 Å². The van der Waals surface area contributed by atoms with Gasteiger partial charge in [-0.2, -0.15) is 0 Å². The van der Waals surface area contributed by atoms with Gasteiger partial charge in [-0.3, -0.25) is 4.79 Å². The molecule has 2 aromatic carbocycles. The summed E-state index contributed by atoms with van der Waals surface area (Å²) in [5.41, 5.74) is 2.28. The maximum atomic E-state index is 13.8. The zero-order chi connectivity index (χ0) is 20.2. The third kappa shape index (κ3) is 4.21. The summed E-state index contributed by atoms with van der Waals surface area (Å²) in [6.45, 7) is 3.12. The number of carbonyl (C=O) groups excluding carboxylic acids is 1. The normalized spacial score (nSPS) is 11.1.